The first-order valence-corrected chi connectivity index (χ1v) is 8.20. The summed E-state index contributed by atoms with van der Waals surface area (Å²) in [5.41, 5.74) is 6.66. The number of nitrogens with one attached hydrogen (secondary N) is 2. The van der Waals surface area contributed by atoms with Crippen molar-refractivity contribution >= 4 is 0 Å². The molecule has 128 valence electrons. The first kappa shape index (κ1) is 15.7. The predicted molar refractivity (Wildman–Crippen MR) is 95.1 cm³/mol. The molecule has 0 aliphatic carbocycles. The number of rotatable bonds is 2. The van der Waals surface area contributed by atoms with E-state index in [1.54, 1.807) is 0 Å². The van der Waals surface area contributed by atoms with Gasteiger partial charge in [0.25, 0.3) is 0 Å². The highest BCUT2D eigenvalue weighted by Crippen LogP contribution is 2.43. The lowest BCUT2D eigenvalue weighted by Crippen LogP contribution is -2.14. The predicted octanol–water partition coefficient (Wildman–Crippen LogP) is 3.94. The standard InChI is InChI=1S/C19H20N4O2/c1-11-7-5-9-13(20-11)16-15(21-18(22-16)19(2,3)4)12-8-6-10-14-17(12)25-23-24-14/h5-10,23H,1-4H3,(H,21,22). The van der Waals surface area contributed by atoms with Crippen molar-refractivity contribution in [3.05, 3.63) is 47.9 Å². The van der Waals surface area contributed by atoms with Crippen LogP contribution in [0.25, 0.3) is 22.6 Å². The van der Waals surface area contributed by atoms with E-state index in [-0.39, 0.29) is 5.41 Å². The summed E-state index contributed by atoms with van der Waals surface area (Å²) in [5, 5.41) is 0. The number of aromatic amines is 1. The van der Waals surface area contributed by atoms with Gasteiger partial charge in [0.1, 0.15) is 11.5 Å². The van der Waals surface area contributed by atoms with E-state index in [4.69, 9.17) is 14.7 Å². The molecular weight excluding hydrogens is 316 g/mol. The Bertz CT molecular complexity index is 941. The highest BCUT2D eigenvalue weighted by atomic mass is 16.9. The molecule has 0 saturated carbocycles. The van der Waals surface area contributed by atoms with Gasteiger partial charge in [0.05, 0.1) is 17.0 Å². The number of para-hydroxylation sites is 1. The molecule has 0 fully saturated rings. The fourth-order valence-corrected chi connectivity index (χ4v) is 2.79. The minimum Gasteiger partial charge on any atom is -0.370 e. The fourth-order valence-electron chi connectivity index (χ4n) is 2.79. The average molecular weight is 336 g/mol. The van der Waals surface area contributed by atoms with Gasteiger partial charge in [0, 0.05) is 16.8 Å². The molecule has 3 aromatic rings. The maximum Gasteiger partial charge on any atom is 0.205 e. The topological polar surface area (TPSA) is 72.1 Å². The van der Waals surface area contributed by atoms with Gasteiger partial charge in [-0.05, 0) is 31.2 Å². The lowest BCUT2D eigenvalue weighted by molar-refractivity contribution is 0.0262. The second kappa shape index (κ2) is 5.60. The van der Waals surface area contributed by atoms with Gasteiger partial charge in [-0.25, -0.2) is 4.98 Å². The Labute approximate surface area is 146 Å². The Balaban J connectivity index is 1.96. The van der Waals surface area contributed by atoms with Gasteiger partial charge in [-0.15, -0.1) is 0 Å². The van der Waals surface area contributed by atoms with E-state index in [9.17, 15) is 0 Å². The quantitative estimate of drug-likeness (QED) is 0.742. The van der Waals surface area contributed by atoms with Crippen molar-refractivity contribution in [1.29, 1.82) is 0 Å². The molecule has 2 N–H and O–H groups in total. The highest BCUT2D eigenvalue weighted by Gasteiger charge is 2.27. The van der Waals surface area contributed by atoms with Gasteiger partial charge in [-0.2, -0.15) is 0 Å². The summed E-state index contributed by atoms with van der Waals surface area (Å²) in [6, 6.07) is 11.7. The lowest BCUT2D eigenvalue weighted by Gasteiger charge is -2.14. The number of aryl methyl sites for hydroxylation is 1. The van der Waals surface area contributed by atoms with Crippen LogP contribution in [0.2, 0.25) is 0 Å². The Hall–Kier alpha value is -2.86. The molecule has 6 heteroatoms. The number of pyridine rings is 1. The zero-order valence-corrected chi connectivity index (χ0v) is 14.7. The Kier molecular flexibility index (Phi) is 3.51. The summed E-state index contributed by atoms with van der Waals surface area (Å²) in [4.78, 5) is 23.7. The van der Waals surface area contributed by atoms with E-state index < -0.39 is 0 Å². The molecule has 1 aliphatic rings. The van der Waals surface area contributed by atoms with Crippen LogP contribution >= 0.6 is 0 Å². The van der Waals surface area contributed by atoms with E-state index in [1.165, 1.54) is 0 Å². The van der Waals surface area contributed by atoms with Crippen LogP contribution in [-0.4, -0.2) is 15.0 Å². The summed E-state index contributed by atoms with van der Waals surface area (Å²) in [5.74, 6) is 2.16. The Morgan fingerprint density at radius 1 is 0.960 bits per heavy atom. The Morgan fingerprint density at radius 3 is 2.52 bits per heavy atom. The van der Waals surface area contributed by atoms with Crippen LogP contribution in [0, 0.1) is 6.92 Å². The normalized spacial score (nSPS) is 13.3. The van der Waals surface area contributed by atoms with Gasteiger partial charge in [0.15, 0.2) is 5.75 Å². The van der Waals surface area contributed by atoms with Crippen molar-refractivity contribution in [1.82, 2.24) is 20.6 Å². The number of aromatic nitrogens is 3. The fraction of sp³-hybridized carbons (Fsp3) is 0.263. The van der Waals surface area contributed by atoms with E-state index in [1.807, 2.05) is 43.3 Å². The van der Waals surface area contributed by atoms with Crippen LogP contribution in [-0.2, 0) is 5.41 Å². The molecule has 0 atom stereocenters. The zero-order chi connectivity index (χ0) is 17.6. The molecule has 0 bridgehead atoms. The molecule has 3 heterocycles. The van der Waals surface area contributed by atoms with E-state index >= 15 is 0 Å². The minimum atomic E-state index is -0.121. The van der Waals surface area contributed by atoms with E-state index in [0.717, 1.165) is 34.2 Å². The molecule has 0 radical (unpaired) electrons. The van der Waals surface area contributed by atoms with Crippen molar-refractivity contribution in [3.63, 3.8) is 0 Å². The lowest BCUT2D eigenvalue weighted by atomic mass is 9.96. The second-order valence-electron chi connectivity index (χ2n) is 7.14. The molecule has 25 heavy (non-hydrogen) atoms. The summed E-state index contributed by atoms with van der Waals surface area (Å²) in [7, 11) is 0. The third-order valence-corrected chi connectivity index (χ3v) is 4.09. The number of nitrogens with zero attached hydrogens (tertiary/aromatic N) is 2. The van der Waals surface area contributed by atoms with Crippen LogP contribution < -0.4 is 15.3 Å². The molecule has 4 rings (SSSR count). The largest absolute Gasteiger partial charge is 0.370 e. The maximum absolute atomic E-state index is 5.45. The van der Waals surface area contributed by atoms with Crippen molar-refractivity contribution in [2.45, 2.75) is 33.1 Å². The first-order valence-electron chi connectivity index (χ1n) is 8.20. The summed E-state index contributed by atoms with van der Waals surface area (Å²) in [6.07, 6.45) is 0. The van der Waals surface area contributed by atoms with E-state index in [0.29, 0.717) is 11.5 Å². The molecular formula is C19H20N4O2. The van der Waals surface area contributed by atoms with Gasteiger partial charge in [-0.3, -0.25) is 4.98 Å². The second-order valence-corrected chi connectivity index (χ2v) is 7.14. The number of H-pyrrole nitrogens is 1. The van der Waals surface area contributed by atoms with Crippen molar-refractivity contribution < 1.29 is 9.68 Å². The van der Waals surface area contributed by atoms with Gasteiger partial charge in [0.2, 0.25) is 5.75 Å². The van der Waals surface area contributed by atoms with Gasteiger partial charge < -0.3 is 14.7 Å². The van der Waals surface area contributed by atoms with Crippen LogP contribution in [0.15, 0.2) is 36.4 Å². The molecule has 2 aromatic heterocycles. The maximum atomic E-state index is 5.45. The number of hydrogen-bond donors (Lipinski definition) is 2. The SMILES string of the molecule is Cc1cccc(-c2[nH]c(C(C)(C)C)nc2-c2cccc3c2ONO3)n1. The Morgan fingerprint density at radius 2 is 1.76 bits per heavy atom. The number of fused-ring (bicyclic) bond motifs is 1. The summed E-state index contributed by atoms with van der Waals surface area (Å²) in [6.45, 7) is 8.35. The van der Waals surface area contributed by atoms with Crippen molar-refractivity contribution in [2.24, 2.45) is 0 Å². The molecule has 1 aromatic carbocycles. The summed E-state index contributed by atoms with van der Waals surface area (Å²) < 4.78 is 0. The molecule has 0 unspecified atom stereocenters. The minimum absolute atomic E-state index is 0.121. The number of benzene rings is 1. The monoisotopic (exact) mass is 336 g/mol. The molecule has 0 amide bonds. The van der Waals surface area contributed by atoms with Crippen molar-refractivity contribution in [2.75, 3.05) is 0 Å². The number of imidazole rings is 1. The van der Waals surface area contributed by atoms with Crippen LogP contribution in [0.1, 0.15) is 32.3 Å². The van der Waals surface area contributed by atoms with Gasteiger partial charge in [-0.1, -0.05) is 32.9 Å². The van der Waals surface area contributed by atoms with Crippen molar-refractivity contribution in [3.8, 4) is 34.1 Å². The third-order valence-electron chi connectivity index (χ3n) is 4.09. The molecule has 0 saturated heterocycles. The average Bonchev–Trinajstić information content (AvgIpc) is 3.21. The molecule has 0 spiro atoms. The number of hydrogen-bond acceptors (Lipinski definition) is 5. The van der Waals surface area contributed by atoms with E-state index in [2.05, 4.69) is 36.4 Å². The highest BCUT2D eigenvalue weighted by molar-refractivity contribution is 5.82. The molecule has 1 aliphatic heterocycles. The van der Waals surface area contributed by atoms with Crippen LogP contribution in [0.4, 0.5) is 0 Å². The van der Waals surface area contributed by atoms with Gasteiger partial charge >= 0.3 is 0 Å². The van der Waals surface area contributed by atoms with Crippen LogP contribution in [0.5, 0.6) is 11.5 Å². The third kappa shape index (κ3) is 2.74. The van der Waals surface area contributed by atoms with Crippen LogP contribution in [0.3, 0.4) is 0 Å². The smallest absolute Gasteiger partial charge is 0.205 e. The first-order chi connectivity index (χ1) is 11.9. The summed E-state index contributed by atoms with van der Waals surface area (Å²) >= 11 is 0. The zero-order valence-electron chi connectivity index (χ0n) is 14.7. The molecule has 6 nitrogen and oxygen atoms in total.